The van der Waals surface area contributed by atoms with Gasteiger partial charge in [-0.2, -0.15) is 0 Å². The van der Waals surface area contributed by atoms with Crippen LogP contribution in [0.25, 0.3) is 0 Å². The van der Waals surface area contributed by atoms with Crippen LogP contribution in [0.1, 0.15) is 24.9 Å². The number of hydrogen-bond acceptors (Lipinski definition) is 4. The van der Waals surface area contributed by atoms with E-state index in [-0.39, 0.29) is 22.8 Å². The van der Waals surface area contributed by atoms with Gasteiger partial charge < -0.3 is 10.6 Å². The molecule has 1 aromatic carbocycles. The van der Waals surface area contributed by atoms with Gasteiger partial charge in [-0.15, -0.1) is 0 Å². The molecule has 0 aliphatic carbocycles. The van der Waals surface area contributed by atoms with Crippen molar-refractivity contribution in [2.45, 2.75) is 24.3 Å². The molecule has 1 amide bonds. The predicted molar refractivity (Wildman–Crippen MR) is 84.8 cm³/mol. The Bertz CT molecular complexity index is 620. The molecule has 0 radical (unpaired) electrons. The van der Waals surface area contributed by atoms with Crippen LogP contribution in [0.4, 0.5) is 0 Å². The molecule has 1 fully saturated rings. The first-order valence-corrected chi connectivity index (χ1v) is 8.80. The second kappa shape index (κ2) is 6.76. The van der Waals surface area contributed by atoms with Crippen LogP contribution >= 0.6 is 0 Å². The summed E-state index contributed by atoms with van der Waals surface area (Å²) in [5, 5.41) is 6.15. The molecule has 22 heavy (non-hydrogen) atoms. The SMILES string of the molecule is CC(NC(=O)C1CCNC1)c1ccc(S(=O)(=O)N(C)C)cc1. The van der Waals surface area contributed by atoms with E-state index in [1.807, 2.05) is 6.92 Å². The molecule has 2 N–H and O–H groups in total. The van der Waals surface area contributed by atoms with Crippen molar-refractivity contribution in [3.8, 4) is 0 Å². The minimum absolute atomic E-state index is 0.0239. The third kappa shape index (κ3) is 3.66. The van der Waals surface area contributed by atoms with Crippen LogP contribution in [0.2, 0.25) is 0 Å². The van der Waals surface area contributed by atoms with Gasteiger partial charge in [0.1, 0.15) is 0 Å². The number of benzene rings is 1. The molecule has 0 aromatic heterocycles. The number of hydrogen-bond donors (Lipinski definition) is 2. The summed E-state index contributed by atoms with van der Waals surface area (Å²) >= 11 is 0. The first-order chi connectivity index (χ1) is 10.3. The Hall–Kier alpha value is -1.44. The summed E-state index contributed by atoms with van der Waals surface area (Å²) in [4.78, 5) is 12.3. The van der Waals surface area contributed by atoms with Crippen molar-refractivity contribution in [2.75, 3.05) is 27.2 Å². The zero-order valence-electron chi connectivity index (χ0n) is 13.2. The van der Waals surface area contributed by atoms with Gasteiger partial charge >= 0.3 is 0 Å². The third-order valence-electron chi connectivity index (χ3n) is 3.95. The Balaban J connectivity index is 2.05. The lowest BCUT2D eigenvalue weighted by molar-refractivity contribution is -0.125. The lowest BCUT2D eigenvalue weighted by Gasteiger charge is -2.18. The van der Waals surface area contributed by atoms with Gasteiger partial charge in [0.2, 0.25) is 15.9 Å². The fraction of sp³-hybridized carbons (Fsp3) is 0.533. The smallest absolute Gasteiger partial charge is 0.242 e. The van der Waals surface area contributed by atoms with Gasteiger partial charge in [0.05, 0.1) is 16.9 Å². The highest BCUT2D eigenvalue weighted by Gasteiger charge is 2.24. The average Bonchev–Trinajstić information content (AvgIpc) is 3.01. The summed E-state index contributed by atoms with van der Waals surface area (Å²) in [5.41, 5.74) is 0.886. The van der Waals surface area contributed by atoms with E-state index in [0.717, 1.165) is 25.1 Å². The number of carbonyl (C=O) groups is 1. The first kappa shape index (κ1) is 16.9. The van der Waals surface area contributed by atoms with Gasteiger partial charge in [-0.3, -0.25) is 4.79 Å². The van der Waals surface area contributed by atoms with Gasteiger partial charge in [0.15, 0.2) is 0 Å². The van der Waals surface area contributed by atoms with Crippen LogP contribution in [0.15, 0.2) is 29.2 Å². The Morgan fingerprint density at radius 3 is 2.45 bits per heavy atom. The standard InChI is InChI=1S/C15H23N3O3S/c1-11(17-15(19)13-8-9-16-10-13)12-4-6-14(7-5-12)22(20,21)18(2)3/h4-7,11,13,16H,8-10H2,1-3H3,(H,17,19). The van der Waals surface area contributed by atoms with Crippen molar-refractivity contribution in [1.82, 2.24) is 14.9 Å². The number of nitrogens with one attached hydrogen (secondary N) is 2. The highest BCUT2D eigenvalue weighted by atomic mass is 32.2. The molecule has 2 atom stereocenters. The lowest BCUT2D eigenvalue weighted by atomic mass is 10.1. The summed E-state index contributed by atoms with van der Waals surface area (Å²) in [7, 11) is -0.414. The predicted octanol–water partition coefficient (Wildman–Crippen LogP) is 0.724. The Kier molecular flexibility index (Phi) is 5.20. The Morgan fingerprint density at radius 1 is 1.32 bits per heavy atom. The zero-order valence-corrected chi connectivity index (χ0v) is 14.0. The minimum Gasteiger partial charge on any atom is -0.349 e. The molecule has 1 aromatic rings. The van der Waals surface area contributed by atoms with Crippen LogP contribution in [0, 0.1) is 5.92 Å². The number of carbonyl (C=O) groups excluding carboxylic acids is 1. The summed E-state index contributed by atoms with van der Waals surface area (Å²) < 4.78 is 25.2. The summed E-state index contributed by atoms with van der Waals surface area (Å²) in [6.45, 7) is 3.50. The van der Waals surface area contributed by atoms with E-state index in [2.05, 4.69) is 10.6 Å². The highest BCUT2D eigenvalue weighted by Crippen LogP contribution is 2.19. The largest absolute Gasteiger partial charge is 0.349 e. The molecule has 7 heteroatoms. The van der Waals surface area contributed by atoms with E-state index in [1.165, 1.54) is 18.4 Å². The highest BCUT2D eigenvalue weighted by molar-refractivity contribution is 7.89. The van der Waals surface area contributed by atoms with E-state index in [4.69, 9.17) is 0 Å². The maximum Gasteiger partial charge on any atom is 0.242 e. The minimum atomic E-state index is -3.42. The fourth-order valence-electron chi connectivity index (χ4n) is 2.43. The molecule has 2 rings (SSSR count). The van der Waals surface area contributed by atoms with Crippen molar-refractivity contribution in [2.24, 2.45) is 5.92 Å². The van der Waals surface area contributed by atoms with Crippen LogP contribution in [0.5, 0.6) is 0 Å². The van der Waals surface area contributed by atoms with Gasteiger partial charge in [-0.25, -0.2) is 12.7 Å². The van der Waals surface area contributed by atoms with Gasteiger partial charge in [-0.1, -0.05) is 12.1 Å². The quantitative estimate of drug-likeness (QED) is 0.836. The molecule has 1 aliphatic rings. The van der Waals surface area contributed by atoms with E-state index in [0.29, 0.717) is 0 Å². The number of nitrogens with zero attached hydrogens (tertiary/aromatic N) is 1. The number of rotatable bonds is 5. The Morgan fingerprint density at radius 2 is 1.95 bits per heavy atom. The molecule has 1 heterocycles. The number of amides is 1. The van der Waals surface area contributed by atoms with E-state index < -0.39 is 10.0 Å². The fourth-order valence-corrected chi connectivity index (χ4v) is 3.33. The van der Waals surface area contributed by atoms with Crippen LogP contribution < -0.4 is 10.6 Å². The van der Waals surface area contributed by atoms with Crippen molar-refractivity contribution in [1.29, 1.82) is 0 Å². The van der Waals surface area contributed by atoms with E-state index in [9.17, 15) is 13.2 Å². The van der Waals surface area contributed by atoms with Crippen LogP contribution in [-0.2, 0) is 14.8 Å². The second-order valence-electron chi connectivity index (χ2n) is 5.78. The van der Waals surface area contributed by atoms with Crippen molar-refractivity contribution in [3.63, 3.8) is 0 Å². The van der Waals surface area contributed by atoms with Crippen molar-refractivity contribution >= 4 is 15.9 Å². The van der Waals surface area contributed by atoms with E-state index >= 15 is 0 Å². The van der Waals surface area contributed by atoms with E-state index in [1.54, 1.807) is 24.3 Å². The molecule has 122 valence electrons. The van der Waals surface area contributed by atoms with Crippen LogP contribution in [-0.4, -0.2) is 45.8 Å². The number of sulfonamides is 1. The van der Waals surface area contributed by atoms with Crippen molar-refractivity contribution in [3.05, 3.63) is 29.8 Å². The van der Waals surface area contributed by atoms with Gasteiger partial charge in [0, 0.05) is 20.6 Å². The molecule has 1 saturated heterocycles. The Labute approximate surface area is 131 Å². The maximum absolute atomic E-state index is 12.1. The van der Waals surface area contributed by atoms with Crippen molar-refractivity contribution < 1.29 is 13.2 Å². The maximum atomic E-state index is 12.1. The molecule has 0 saturated carbocycles. The second-order valence-corrected chi connectivity index (χ2v) is 7.93. The molecule has 0 bridgehead atoms. The molecule has 2 unspecified atom stereocenters. The first-order valence-electron chi connectivity index (χ1n) is 7.36. The average molecular weight is 325 g/mol. The van der Waals surface area contributed by atoms with Gasteiger partial charge in [-0.05, 0) is 37.6 Å². The molecular formula is C15H23N3O3S. The molecule has 1 aliphatic heterocycles. The molecule has 0 spiro atoms. The summed E-state index contributed by atoms with van der Waals surface area (Å²) in [6, 6.07) is 6.49. The van der Waals surface area contributed by atoms with Crippen LogP contribution in [0.3, 0.4) is 0 Å². The third-order valence-corrected chi connectivity index (χ3v) is 5.78. The molecule has 6 nitrogen and oxygen atoms in total. The summed E-state index contributed by atoms with van der Waals surface area (Å²) in [6.07, 6.45) is 0.860. The van der Waals surface area contributed by atoms with Gasteiger partial charge in [0.25, 0.3) is 0 Å². The topological polar surface area (TPSA) is 78.5 Å². The zero-order chi connectivity index (χ0) is 16.3. The normalized spacial score (nSPS) is 20.1. The monoisotopic (exact) mass is 325 g/mol. The summed E-state index contributed by atoms with van der Waals surface area (Å²) in [5.74, 6) is 0.0679. The molecular weight excluding hydrogens is 302 g/mol. The lowest BCUT2D eigenvalue weighted by Crippen LogP contribution is -2.33.